The average molecular weight is 322 g/mol. The molecule has 6 heteroatoms. The van der Waals surface area contributed by atoms with E-state index in [-0.39, 0.29) is 18.5 Å². The number of hydrogen-bond donors (Lipinski definition) is 1. The first-order valence-corrected chi connectivity index (χ1v) is 7.07. The number of amides is 1. The lowest BCUT2D eigenvalue weighted by Gasteiger charge is -2.24. The van der Waals surface area contributed by atoms with Crippen LogP contribution in [0.5, 0.6) is 0 Å². The van der Waals surface area contributed by atoms with E-state index in [4.69, 9.17) is 0 Å². The highest BCUT2D eigenvalue weighted by molar-refractivity contribution is 5.92. The molecular weight excluding hydrogens is 305 g/mol. The molecule has 2 aromatic carbocycles. The van der Waals surface area contributed by atoms with Gasteiger partial charge in [-0.15, -0.1) is 0 Å². The number of likely N-dealkylation sites (N-methyl/N-ethyl adjacent to an activating group) is 1. The Morgan fingerprint density at radius 1 is 1.13 bits per heavy atom. The van der Waals surface area contributed by atoms with Crippen molar-refractivity contribution < 1.29 is 18.0 Å². The Morgan fingerprint density at radius 3 is 2.52 bits per heavy atom. The van der Waals surface area contributed by atoms with E-state index in [0.29, 0.717) is 11.3 Å². The minimum atomic E-state index is -0.924. The van der Waals surface area contributed by atoms with Crippen molar-refractivity contribution in [3.63, 3.8) is 0 Å². The van der Waals surface area contributed by atoms with Gasteiger partial charge in [-0.1, -0.05) is 12.1 Å². The number of nitrogens with one attached hydrogen (secondary N) is 1. The number of carbonyl (C=O) groups excluding carboxylic acids is 1. The van der Waals surface area contributed by atoms with Crippen LogP contribution < -0.4 is 5.32 Å². The van der Waals surface area contributed by atoms with Gasteiger partial charge in [-0.05, 0) is 49.9 Å². The molecule has 1 amide bonds. The lowest BCUT2D eigenvalue weighted by Crippen LogP contribution is -2.32. The molecule has 1 atom stereocenters. The molecular formula is C17H17F3N2O. The van der Waals surface area contributed by atoms with Gasteiger partial charge in [-0.3, -0.25) is 9.69 Å². The maximum absolute atomic E-state index is 13.3. The lowest BCUT2D eigenvalue weighted by atomic mass is 10.1. The summed E-state index contributed by atoms with van der Waals surface area (Å²) in [5.74, 6) is -2.60. The molecule has 1 unspecified atom stereocenters. The van der Waals surface area contributed by atoms with E-state index in [2.05, 4.69) is 5.32 Å². The molecule has 0 radical (unpaired) electrons. The second kappa shape index (κ2) is 7.28. The molecule has 0 aliphatic heterocycles. The van der Waals surface area contributed by atoms with Crippen LogP contribution >= 0.6 is 0 Å². The van der Waals surface area contributed by atoms with Crippen LogP contribution in [-0.2, 0) is 4.79 Å². The molecule has 0 spiro atoms. The fourth-order valence-electron chi connectivity index (χ4n) is 2.16. The number of hydrogen-bond acceptors (Lipinski definition) is 2. The van der Waals surface area contributed by atoms with E-state index in [9.17, 15) is 18.0 Å². The highest BCUT2D eigenvalue weighted by Crippen LogP contribution is 2.20. The van der Waals surface area contributed by atoms with Crippen molar-refractivity contribution in [3.8, 4) is 0 Å². The molecule has 0 bridgehead atoms. The largest absolute Gasteiger partial charge is 0.325 e. The fourth-order valence-corrected chi connectivity index (χ4v) is 2.16. The molecule has 0 heterocycles. The normalized spacial score (nSPS) is 12.3. The number of anilines is 1. The van der Waals surface area contributed by atoms with Gasteiger partial charge in [0.2, 0.25) is 5.91 Å². The van der Waals surface area contributed by atoms with E-state index < -0.39 is 17.5 Å². The van der Waals surface area contributed by atoms with Crippen LogP contribution in [0.4, 0.5) is 18.9 Å². The number of carbonyl (C=O) groups is 1. The van der Waals surface area contributed by atoms with Crippen LogP contribution in [0, 0.1) is 17.5 Å². The van der Waals surface area contributed by atoms with E-state index in [1.165, 1.54) is 24.3 Å². The minimum absolute atomic E-state index is 0.0245. The summed E-state index contributed by atoms with van der Waals surface area (Å²) in [5.41, 5.74) is 0.925. The van der Waals surface area contributed by atoms with E-state index in [1.807, 2.05) is 0 Å². The Bertz CT molecular complexity index is 706. The Balaban J connectivity index is 1.98. The second-order valence-electron chi connectivity index (χ2n) is 5.32. The molecule has 0 fully saturated rings. The van der Waals surface area contributed by atoms with Crippen molar-refractivity contribution in [2.75, 3.05) is 18.9 Å². The van der Waals surface area contributed by atoms with E-state index >= 15 is 0 Å². The van der Waals surface area contributed by atoms with Crippen molar-refractivity contribution in [1.82, 2.24) is 4.90 Å². The lowest BCUT2D eigenvalue weighted by molar-refractivity contribution is -0.117. The topological polar surface area (TPSA) is 32.3 Å². The van der Waals surface area contributed by atoms with Gasteiger partial charge in [-0.25, -0.2) is 13.2 Å². The van der Waals surface area contributed by atoms with Crippen LogP contribution in [0.15, 0.2) is 42.5 Å². The van der Waals surface area contributed by atoms with Gasteiger partial charge < -0.3 is 5.32 Å². The first kappa shape index (κ1) is 17.0. The Labute approximate surface area is 132 Å². The van der Waals surface area contributed by atoms with Crippen molar-refractivity contribution in [2.45, 2.75) is 13.0 Å². The highest BCUT2D eigenvalue weighted by atomic mass is 19.2. The third-order valence-electron chi connectivity index (χ3n) is 3.59. The molecule has 2 aromatic rings. The summed E-state index contributed by atoms with van der Waals surface area (Å²) < 4.78 is 39.3. The molecule has 23 heavy (non-hydrogen) atoms. The van der Waals surface area contributed by atoms with Gasteiger partial charge >= 0.3 is 0 Å². The van der Waals surface area contributed by atoms with Gasteiger partial charge in [0.25, 0.3) is 0 Å². The van der Waals surface area contributed by atoms with Crippen LogP contribution in [0.1, 0.15) is 18.5 Å². The van der Waals surface area contributed by atoms with Crippen molar-refractivity contribution in [3.05, 3.63) is 65.5 Å². The summed E-state index contributed by atoms with van der Waals surface area (Å²) in [6.07, 6.45) is 0. The van der Waals surface area contributed by atoms with Crippen LogP contribution in [0.3, 0.4) is 0 Å². The summed E-state index contributed by atoms with van der Waals surface area (Å²) in [7, 11) is 1.69. The standard InChI is InChI=1S/C17H17F3N2O/c1-11(12-6-7-15(19)16(20)8-12)22(2)10-17(23)21-14-5-3-4-13(18)9-14/h3-9,11H,10H2,1-2H3,(H,21,23). The van der Waals surface area contributed by atoms with Gasteiger partial charge in [0.15, 0.2) is 11.6 Å². The van der Waals surface area contributed by atoms with Gasteiger partial charge in [-0.2, -0.15) is 0 Å². The smallest absolute Gasteiger partial charge is 0.238 e. The summed E-state index contributed by atoms with van der Waals surface area (Å²) in [5, 5.41) is 2.59. The Kier molecular flexibility index (Phi) is 5.39. The average Bonchev–Trinajstić information content (AvgIpc) is 2.49. The number of rotatable bonds is 5. The molecule has 0 saturated carbocycles. The van der Waals surface area contributed by atoms with Crippen LogP contribution in [0.2, 0.25) is 0 Å². The van der Waals surface area contributed by atoms with Crippen molar-refractivity contribution in [2.24, 2.45) is 0 Å². The number of benzene rings is 2. The summed E-state index contributed by atoms with van der Waals surface area (Å²) in [4.78, 5) is 13.7. The minimum Gasteiger partial charge on any atom is -0.325 e. The zero-order chi connectivity index (χ0) is 17.0. The number of nitrogens with zero attached hydrogens (tertiary/aromatic N) is 1. The summed E-state index contributed by atoms with van der Waals surface area (Å²) in [6.45, 7) is 1.80. The second-order valence-corrected chi connectivity index (χ2v) is 5.32. The van der Waals surface area contributed by atoms with Crippen LogP contribution in [-0.4, -0.2) is 24.4 Å². The maximum atomic E-state index is 13.3. The summed E-state index contributed by atoms with van der Waals surface area (Å²) in [6, 6.07) is 8.94. The third kappa shape index (κ3) is 4.56. The highest BCUT2D eigenvalue weighted by Gasteiger charge is 2.16. The van der Waals surface area contributed by atoms with Gasteiger partial charge in [0, 0.05) is 11.7 Å². The zero-order valence-corrected chi connectivity index (χ0v) is 12.8. The number of halogens is 3. The molecule has 0 aliphatic carbocycles. The zero-order valence-electron chi connectivity index (χ0n) is 12.8. The van der Waals surface area contributed by atoms with Crippen molar-refractivity contribution >= 4 is 11.6 Å². The SMILES string of the molecule is CC(c1ccc(F)c(F)c1)N(C)CC(=O)Nc1cccc(F)c1. The first-order valence-electron chi connectivity index (χ1n) is 7.07. The fraction of sp³-hybridized carbons (Fsp3) is 0.235. The molecule has 0 aromatic heterocycles. The predicted molar refractivity (Wildman–Crippen MR) is 82.4 cm³/mol. The van der Waals surface area contributed by atoms with Crippen molar-refractivity contribution in [1.29, 1.82) is 0 Å². The Morgan fingerprint density at radius 2 is 1.87 bits per heavy atom. The van der Waals surface area contributed by atoms with E-state index in [0.717, 1.165) is 12.1 Å². The van der Waals surface area contributed by atoms with Crippen LogP contribution in [0.25, 0.3) is 0 Å². The molecule has 0 saturated heterocycles. The maximum Gasteiger partial charge on any atom is 0.238 e. The molecule has 2 rings (SSSR count). The summed E-state index contributed by atoms with van der Waals surface area (Å²) >= 11 is 0. The first-order chi connectivity index (χ1) is 10.9. The van der Waals surface area contributed by atoms with Gasteiger partial charge in [0.1, 0.15) is 5.82 Å². The monoisotopic (exact) mass is 322 g/mol. The predicted octanol–water partition coefficient (Wildman–Crippen LogP) is 3.74. The molecule has 3 nitrogen and oxygen atoms in total. The Hall–Kier alpha value is -2.34. The third-order valence-corrected chi connectivity index (χ3v) is 3.59. The molecule has 0 aliphatic rings. The van der Waals surface area contributed by atoms with E-state index in [1.54, 1.807) is 24.9 Å². The molecule has 1 N–H and O–H groups in total. The van der Waals surface area contributed by atoms with Gasteiger partial charge in [0.05, 0.1) is 6.54 Å². The quantitative estimate of drug-likeness (QED) is 0.909. The molecule has 122 valence electrons.